The lowest BCUT2D eigenvalue weighted by Crippen LogP contribution is -2.58. The van der Waals surface area contributed by atoms with Crippen molar-refractivity contribution in [2.24, 2.45) is 5.92 Å². The second kappa shape index (κ2) is 10.2. The number of aryl methyl sites for hydroxylation is 2. The highest BCUT2D eigenvalue weighted by Crippen LogP contribution is 2.37. The molecule has 35 heavy (non-hydrogen) atoms. The van der Waals surface area contributed by atoms with Gasteiger partial charge in [-0.15, -0.1) is 0 Å². The van der Waals surface area contributed by atoms with Gasteiger partial charge < -0.3 is 15.0 Å². The van der Waals surface area contributed by atoms with E-state index < -0.39 is 11.6 Å². The minimum atomic E-state index is -1.19. The number of hydrogen-bond donors (Lipinski definition) is 1. The smallest absolute Gasteiger partial charge is 0.325 e. The third-order valence-corrected chi connectivity index (χ3v) is 7.33. The van der Waals surface area contributed by atoms with Crippen molar-refractivity contribution in [1.82, 2.24) is 15.1 Å². The summed E-state index contributed by atoms with van der Waals surface area (Å²) in [4.78, 5) is 42.6. The van der Waals surface area contributed by atoms with Crippen LogP contribution in [0.3, 0.4) is 0 Å². The maximum atomic E-state index is 13.9. The lowest BCUT2D eigenvalue weighted by atomic mass is 9.73. The summed E-state index contributed by atoms with van der Waals surface area (Å²) in [5, 5.41) is 2.96. The van der Waals surface area contributed by atoms with Crippen LogP contribution in [0.25, 0.3) is 0 Å². The number of halogens is 1. The topological polar surface area (TPSA) is 79.0 Å². The minimum Gasteiger partial charge on any atom is -0.383 e. The quantitative estimate of drug-likeness (QED) is 0.615. The third-order valence-electron chi connectivity index (χ3n) is 7.33. The molecule has 7 nitrogen and oxygen atoms in total. The Hall–Kier alpha value is -3.26. The number of benzene rings is 2. The Balaban J connectivity index is 1.56. The molecule has 2 aromatic carbocycles. The fraction of sp³-hybridized carbons (Fsp3) is 0.444. The Kier molecular flexibility index (Phi) is 7.21. The normalized spacial score (nSPS) is 20.9. The molecule has 1 N–H and O–H groups in total. The average molecular weight is 482 g/mol. The van der Waals surface area contributed by atoms with E-state index in [9.17, 15) is 18.8 Å². The molecule has 0 aromatic heterocycles. The van der Waals surface area contributed by atoms with Gasteiger partial charge in [0.2, 0.25) is 0 Å². The van der Waals surface area contributed by atoms with Crippen LogP contribution < -0.4 is 5.32 Å². The Morgan fingerprint density at radius 2 is 1.86 bits per heavy atom. The van der Waals surface area contributed by atoms with Crippen LogP contribution in [-0.4, -0.2) is 66.5 Å². The van der Waals surface area contributed by atoms with Crippen molar-refractivity contribution in [2.75, 3.05) is 33.4 Å². The molecule has 0 aliphatic carbocycles. The first-order valence-corrected chi connectivity index (χ1v) is 12.0. The van der Waals surface area contributed by atoms with Gasteiger partial charge in [0, 0.05) is 32.2 Å². The summed E-state index contributed by atoms with van der Waals surface area (Å²) >= 11 is 0. The van der Waals surface area contributed by atoms with Crippen LogP contribution in [0.15, 0.2) is 42.5 Å². The van der Waals surface area contributed by atoms with Crippen molar-refractivity contribution in [3.8, 4) is 0 Å². The fourth-order valence-corrected chi connectivity index (χ4v) is 5.17. The van der Waals surface area contributed by atoms with Crippen LogP contribution in [0.4, 0.5) is 9.18 Å². The molecule has 4 rings (SSSR count). The highest BCUT2D eigenvalue weighted by molar-refractivity contribution is 6.07. The van der Waals surface area contributed by atoms with Crippen molar-refractivity contribution in [3.63, 3.8) is 0 Å². The maximum Gasteiger partial charge on any atom is 0.325 e. The minimum absolute atomic E-state index is 0.0331. The van der Waals surface area contributed by atoms with Gasteiger partial charge in [0.15, 0.2) is 0 Å². The number of nitrogens with one attached hydrogen (secondary N) is 1. The van der Waals surface area contributed by atoms with Gasteiger partial charge in [-0.05, 0) is 73.6 Å². The standard InChI is InChI=1S/C27H32FN3O4/c1-18-7-8-21(15-19(18)2)24(32)30-11-9-22(10-12-30)27(17-20-5-4-6-23(28)16-20)25(33)31(13-14-35-3)26(34)29-27/h4-8,15-16,22H,9-14,17H2,1-3H3,(H,29,34). The van der Waals surface area contributed by atoms with Gasteiger partial charge in [0.1, 0.15) is 11.4 Å². The van der Waals surface area contributed by atoms with Gasteiger partial charge in [-0.3, -0.25) is 14.5 Å². The predicted octanol–water partition coefficient (Wildman–Crippen LogP) is 3.47. The van der Waals surface area contributed by atoms with E-state index in [1.807, 2.05) is 32.0 Å². The van der Waals surface area contributed by atoms with Gasteiger partial charge in [-0.1, -0.05) is 18.2 Å². The molecule has 2 heterocycles. The number of rotatable bonds is 7. The summed E-state index contributed by atoms with van der Waals surface area (Å²) in [6, 6.07) is 11.4. The van der Waals surface area contributed by atoms with E-state index >= 15 is 0 Å². The predicted molar refractivity (Wildman–Crippen MR) is 129 cm³/mol. The number of urea groups is 1. The maximum absolute atomic E-state index is 13.9. The zero-order chi connectivity index (χ0) is 25.2. The van der Waals surface area contributed by atoms with Gasteiger partial charge >= 0.3 is 6.03 Å². The lowest BCUT2D eigenvalue weighted by molar-refractivity contribution is -0.134. The van der Waals surface area contributed by atoms with E-state index in [4.69, 9.17) is 4.74 Å². The molecule has 2 saturated heterocycles. The van der Waals surface area contributed by atoms with Gasteiger partial charge in [-0.2, -0.15) is 0 Å². The molecule has 2 fully saturated rings. The van der Waals surface area contributed by atoms with E-state index in [0.29, 0.717) is 37.1 Å². The highest BCUT2D eigenvalue weighted by Gasteiger charge is 2.55. The number of carbonyl (C=O) groups excluding carboxylic acids is 3. The number of nitrogens with zero attached hydrogens (tertiary/aromatic N) is 2. The molecule has 0 radical (unpaired) electrons. The van der Waals surface area contributed by atoms with E-state index in [2.05, 4.69) is 5.32 Å². The van der Waals surface area contributed by atoms with Crippen molar-refractivity contribution in [2.45, 2.75) is 38.6 Å². The third kappa shape index (κ3) is 4.93. The molecule has 2 aromatic rings. The van der Waals surface area contributed by atoms with E-state index in [1.54, 1.807) is 17.0 Å². The Morgan fingerprint density at radius 1 is 1.11 bits per heavy atom. The van der Waals surface area contributed by atoms with E-state index in [-0.39, 0.29) is 43.1 Å². The number of ether oxygens (including phenoxy) is 1. The van der Waals surface area contributed by atoms with Crippen LogP contribution in [-0.2, 0) is 16.0 Å². The first-order chi connectivity index (χ1) is 16.7. The number of amides is 4. The number of likely N-dealkylation sites (tertiary alicyclic amines) is 1. The second-order valence-corrected chi connectivity index (χ2v) is 9.52. The molecule has 8 heteroatoms. The zero-order valence-corrected chi connectivity index (χ0v) is 20.5. The molecule has 0 bridgehead atoms. The molecule has 1 unspecified atom stereocenters. The Bertz CT molecular complexity index is 1130. The molecule has 2 aliphatic heterocycles. The average Bonchev–Trinajstić information content (AvgIpc) is 3.08. The Labute approximate surface area is 205 Å². The monoisotopic (exact) mass is 481 g/mol. The number of carbonyl (C=O) groups is 3. The molecule has 0 saturated carbocycles. The molecular weight excluding hydrogens is 449 g/mol. The molecule has 0 spiro atoms. The van der Waals surface area contributed by atoms with Crippen molar-refractivity contribution in [3.05, 3.63) is 70.5 Å². The van der Waals surface area contributed by atoms with E-state index in [1.165, 1.54) is 24.1 Å². The summed E-state index contributed by atoms with van der Waals surface area (Å²) in [7, 11) is 1.51. The number of imide groups is 1. The summed E-state index contributed by atoms with van der Waals surface area (Å²) in [5.41, 5.74) is 2.30. The summed E-state index contributed by atoms with van der Waals surface area (Å²) in [6.07, 6.45) is 1.29. The number of methoxy groups -OCH3 is 1. The van der Waals surface area contributed by atoms with E-state index in [0.717, 1.165) is 11.1 Å². The largest absolute Gasteiger partial charge is 0.383 e. The van der Waals surface area contributed by atoms with Crippen molar-refractivity contribution < 1.29 is 23.5 Å². The molecule has 4 amide bonds. The molecule has 2 aliphatic rings. The summed E-state index contributed by atoms with van der Waals surface area (Å²) in [6.45, 7) is 5.33. The van der Waals surface area contributed by atoms with Gasteiger partial charge in [0.05, 0.1) is 13.2 Å². The van der Waals surface area contributed by atoms with Crippen molar-refractivity contribution in [1.29, 1.82) is 0 Å². The van der Waals surface area contributed by atoms with Crippen LogP contribution in [0.2, 0.25) is 0 Å². The van der Waals surface area contributed by atoms with Crippen LogP contribution >= 0.6 is 0 Å². The SMILES string of the molecule is COCCN1C(=O)NC(Cc2cccc(F)c2)(C2CCN(C(=O)c3ccc(C)c(C)c3)CC2)C1=O. The van der Waals surface area contributed by atoms with Crippen LogP contribution in [0, 0.1) is 25.6 Å². The first kappa shape index (κ1) is 24.9. The second-order valence-electron chi connectivity index (χ2n) is 9.52. The van der Waals surface area contributed by atoms with Crippen LogP contribution in [0.1, 0.15) is 39.9 Å². The van der Waals surface area contributed by atoms with Crippen molar-refractivity contribution >= 4 is 17.8 Å². The van der Waals surface area contributed by atoms with Crippen LogP contribution in [0.5, 0.6) is 0 Å². The molecule has 186 valence electrons. The fourth-order valence-electron chi connectivity index (χ4n) is 5.17. The lowest BCUT2D eigenvalue weighted by Gasteiger charge is -2.41. The molecule has 1 atom stereocenters. The van der Waals surface area contributed by atoms with Gasteiger partial charge in [0.25, 0.3) is 11.8 Å². The summed E-state index contributed by atoms with van der Waals surface area (Å²) in [5.74, 6) is -0.935. The summed E-state index contributed by atoms with van der Waals surface area (Å²) < 4.78 is 19.0. The molecular formula is C27H32FN3O4. The number of hydrogen-bond acceptors (Lipinski definition) is 4. The van der Waals surface area contributed by atoms with Gasteiger partial charge in [-0.25, -0.2) is 9.18 Å². The highest BCUT2D eigenvalue weighted by atomic mass is 19.1. The number of piperidine rings is 1. The first-order valence-electron chi connectivity index (χ1n) is 12.0. The zero-order valence-electron chi connectivity index (χ0n) is 20.5. The Morgan fingerprint density at radius 3 is 2.51 bits per heavy atom.